The van der Waals surface area contributed by atoms with Crippen molar-refractivity contribution in [1.82, 2.24) is 0 Å². The Morgan fingerprint density at radius 3 is 2.18 bits per heavy atom. The Morgan fingerprint density at radius 1 is 1.36 bits per heavy atom. The van der Waals surface area contributed by atoms with E-state index in [4.69, 9.17) is 10.8 Å². The minimum absolute atomic E-state index is 0.583. The van der Waals surface area contributed by atoms with Gasteiger partial charge in [-0.1, -0.05) is 21.6 Å². The lowest BCUT2D eigenvalue weighted by molar-refractivity contribution is -0.143. The molecule has 0 unspecified atom stereocenters. The quantitative estimate of drug-likeness (QED) is 0.607. The summed E-state index contributed by atoms with van der Waals surface area (Å²) in [5.41, 5.74) is 4.71. The van der Waals surface area contributed by atoms with E-state index in [0.717, 1.165) is 11.5 Å². The Balaban J connectivity index is 2.59. The van der Waals surface area contributed by atoms with E-state index >= 15 is 0 Å². The summed E-state index contributed by atoms with van der Waals surface area (Å²) in [5, 5.41) is 8.78. The number of hydrogen-bond acceptors (Lipinski definition) is 4. The van der Waals surface area contributed by atoms with Crippen LogP contribution in [0.25, 0.3) is 0 Å². The predicted molar refractivity (Wildman–Crippen MR) is 48.7 cm³/mol. The van der Waals surface area contributed by atoms with Gasteiger partial charge in [0.2, 0.25) is 0 Å². The molecule has 0 aliphatic carbocycles. The molecule has 0 spiro atoms. The van der Waals surface area contributed by atoms with Crippen LogP contribution in [0, 0.1) is 0 Å². The van der Waals surface area contributed by atoms with Crippen LogP contribution in [0.15, 0.2) is 0 Å². The monoisotopic (exact) mass is 193 g/mol. The molecule has 0 aromatic carbocycles. The molecule has 64 valence electrons. The largest absolute Gasteiger partial charge is 0.480 e. The Labute approximate surface area is 73.5 Å². The Hall–Kier alpha value is 0.130. The van der Waals surface area contributed by atoms with E-state index in [9.17, 15) is 4.79 Å². The average Bonchev–Trinajstić information content (AvgIpc) is 2.15. The van der Waals surface area contributed by atoms with Gasteiger partial charge in [0, 0.05) is 11.5 Å². The molecule has 0 aromatic rings. The first kappa shape index (κ1) is 9.22. The van der Waals surface area contributed by atoms with E-state index in [2.05, 4.69) is 0 Å². The summed E-state index contributed by atoms with van der Waals surface area (Å²) in [6, 6.07) is 0. The molecular formula is C6H11NO2S2. The smallest absolute Gasteiger partial charge is 0.323 e. The fourth-order valence-corrected chi connectivity index (χ4v) is 3.24. The lowest BCUT2D eigenvalue weighted by Crippen LogP contribution is -2.48. The highest BCUT2D eigenvalue weighted by Gasteiger charge is 2.34. The molecule has 3 nitrogen and oxygen atoms in total. The predicted octanol–water partition coefficient (Wildman–Crippen LogP) is 0.944. The maximum Gasteiger partial charge on any atom is 0.323 e. The molecule has 5 heteroatoms. The van der Waals surface area contributed by atoms with Crippen LogP contribution in [0.1, 0.15) is 12.8 Å². The van der Waals surface area contributed by atoms with E-state index in [1.165, 1.54) is 0 Å². The summed E-state index contributed by atoms with van der Waals surface area (Å²) in [6.45, 7) is 0. The zero-order valence-electron chi connectivity index (χ0n) is 6.08. The fourth-order valence-electron chi connectivity index (χ4n) is 0.904. The maximum absolute atomic E-state index is 10.7. The SMILES string of the molecule is NC1(C(=O)O)CCSSCC1. The van der Waals surface area contributed by atoms with E-state index in [0.29, 0.717) is 12.8 Å². The maximum atomic E-state index is 10.7. The van der Waals surface area contributed by atoms with Crippen molar-refractivity contribution in [3.8, 4) is 0 Å². The summed E-state index contributed by atoms with van der Waals surface area (Å²) >= 11 is 0. The number of aliphatic carboxylic acids is 1. The highest BCUT2D eigenvalue weighted by atomic mass is 33.1. The molecule has 11 heavy (non-hydrogen) atoms. The van der Waals surface area contributed by atoms with Crippen molar-refractivity contribution in [2.75, 3.05) is 11.5 Å². The summed E-state index contributed by atoms with van der Waals surface area (Å²) in [6.07, 6.45) is 1.17. The van der Waals surface area contributed by atoms with Gasteiger partial charge < -0.3 is 10.8 Å². The third-order valence-electron chi connectivity index (χ3n) is 1.77. The van der Waals surface area contributed by atoms with Crippen molar-refractivity contribution in [2.24, 2.45) is 5.73 Å². The van der Waals surface area contributed by atoms with Gasteiger partial charge in [-0.25, -0.2) is 0 Å². The molecular weight excluding hydrogens is 182 g/mol. The lowest BCUT2D eigenvalue weighted by atomic mass is 9.95. The van der Waals surface area contributed by atoms with Gasteiger partial charge >= 0.3 is 5.97 Å². The molecule has 0 radical (unpaired) electrons. The van der Waals surface area contributed by atoms with Gasteiger partial charge in [0.15, 0.2) is 0 Å². The van der Waals surface area contributed by atoms with Crippen LogP contribution in [0.3, 0.4) is 0 Å². The van der Waals surface area contributed by atoms with Gasteiger partial charge in [-0.2, -0.15) is 0 Å². The second-order valence-electron chi connectivity index (χ2n) is 2.61. The molecule has 0 amide bonds. The Morgan fingerprint density at radius 2 is 1.82 bits per heavy atom. The minimum Gasteiger partial charge on any atom is -0.480 e. The third kappa shape index (κ3) is 2.28. The van der Waals surface area contributed by atoms with E-state index in [1.807, 2.05) is 0 Å². The van der Waals surface area contributed by atoms with Gasteiger partial charge in [-0.15, -0.1) is 0 Å². The van der Waals surface area contributed by atoms with Crippen molar-refractivity contribution in [3.05, 3.63) is 0 Å². The number of carboxylic acids is 1. The molecule has 1 heterocycles. The Kier molecular flexibility index (Phi) is 3.09. The first-order valence-corrected chi connectivity index (χ1v) is 5.91. The zero-order chi connectivity index (χ0) is 8.32. The molecule has 0 aromatic heterocycles. The molecule has 0 atom stereocenters. The summed E-state index contributed by atoms with van der Waals surface area (Å²) in [7, 11) is 3.42. The molecule has 1 saturated heterocycles. The molecule has 1 aliphatic heterocycles. The van der Waals surface area contributed by atoms with Crippen LogP contribution in [-0.4, -0.2) is 28.1 Å². The summed E-state index contributed by atoms with van der Waals surface area (Å²) in [4.78, 5) is 10.7. The fraction of sp³-hybridized carbons (Fsp3) is 0.833. The molecule has 3 N–H and O–H groups in total. The standard InChI is InChI=1S/C6H11NO2S2/c7-6(5(8)9)1-3-10-11-4-2-6/h1-4,7H2,(H,8,9). The minimum atomic E-state index is -0.962. The number of carboxylic acid groups (broad SMARTS) is 1. The van der Waals surface area contributed by atoms with Crippen molar-refractivity contribution < 1.29 is 9.90 Å². The topological polar surface area (TPSA) is 63.3 Å². The van der Waals surface area contributed by atoms with Crippen LogP contribution in [-0.2, 0) is 4.79 Å². The number of nitrogens with two attached hydrogens (primary N) is 1. The molecule has 0 bridgehead atoms. The highest BCUT2D eigenvalue weighted by molar-refractivity contribution is 8.76. The van der Waals surface area contributed by atoms with Gasteiger partial charge in [0.1, 0.15) is 5.54 Å². The first-order valence-electron chi connectivity index (χ1n) is 3.42. The van der Waals surface area contributed by atoms with Crippen LogP contribution >= 0.6 is 21.6 Å². The highest BCUT2D eigenvalue weighted by Crippen LogP contribution is 2.32. The van der Waals surface area contributed by atoms with E-state index in [-0.39, 0.29) is 0 Å². The van der Waals surface area contributed by atoms with Crippen molar-refractivity contribution in [3.63, 3.8) is 0 Å². The number of carbonyl (C=O) groups is 1. The van der Waals surface area contributed by atoms with Gasteiger partial charge in [-0.3, -0.25) is 4.79 Å². The summed E-state index contributed by atoms with van der Waals surface area (Å²) in [5.74, 6) is 0.821. The van der Waals surface area contributed by atoms with Crippen LogP contribution < -0.4 is 5.73 Å². The van der Waals surface area contributed by atoms with Gasteiger partial charge in [0.25, 0.3) is 0 Å². The average molecular weight is 193 g/mol. The second kappa shape index (κ2) is 3.69. The van der Waals surface area contributed by atoms with Crippen LogP contribution in [0.5, 0.6) is 0 Å². The lowest BCUT2D eigenvalue weighted by Gasteiger charge is -2.20. The van der Waals surface area contributed by atoms with E-state index in [1.54, 1.807) is 21.6 Å². The van der Waals surface area contributed by atoms with Crippen LogP contribution in [0.2, 0.25) is 0 Å². The number of rotatable bonds is 1. The van der Waals surface area contributed by atoms with Crippen molar-refractivity contribution >= 4 is 27.6 Å². The van der Waals surface area contributed by atoms with E-state index < -0.39 is 11.5 Å². The Bertz CT molecular complexity index is 155. The number of hydrogen-bond donors (Lipinski definition) is 2. The normalized spacial score (nSPS) is 24.1. The first-order chi connectivity index (χ1) is 5.15. The second-order valence-corrected chi connectivity index (χ2v) is 5.31. The molecule has 1 fully saturated rings. The third-order valence-corrected chi connectivity index (χ3v) is 4.18. The molecule has 1 aliphatic rings. The van der Waals surface area contributed by atoms with Gasteiger partial charge in [-0.05, 0) is 12.8 Å². The molecule has 0 saturated carbocycles. The zero-order valence-corrected chi connectivity index (χ0v) is 7.71. The van der Waals surface area contributed by atoms with Gasteiger partial charge in [0.05, 0.1) is 0 Å². The van der Waals surface area contributed by atoms with Crippen molar-refractivity contribution in [1.29, 1.82) is 0 Å². The summed E-state index contributed by atoms with van der Waals surface area (Å²) < 4.78 is 0. The van der Waals surface area contributed by atoms with Crippen LogP contribution in [0.4, 0.5) is 0 Å². The van der Waals surface area contributed by atoms with Crippen molar-refractivity contribution in [2.45, 2.75) is 18.4 Å². The molecule has 1 rings (SSSR count).